The van der Waals surface area contributed by atoms with Gasteiger partial charge in [0.15, 0.2) is 0 Å². The number of aryl methyl sites for hydroxylation is 1. The van der Waals surface area contributed by atoms with E-state index in [9.17, 15) is 14.4 Å². The monoisotopic (exact) mass is 483 g/mol. The molecule has 1 aromatic carbocycles. The number of anilines is 1. The Labute approximate surface area is 208 Å². The van der Waals surface area contributed by atoms with E-state index in [1.807, 2.05) is 12.1 Å². The molecule has 5 rings (SSSR count). The van der Waals surface area contributed by atoms with Crippen LogP contribution in [0.2, 0.25) is 0 Å². The van der Waals surface area contributed by atoms with Gasteiger partial charge < -0.3 is 9.47 Å². The van der Waals surface area contributed by atoms with Crippen LogP contribution >= 0.6 is 0 Å². The number of halogens is 1. The molecule has 8 nitrogen and oxygen atoms in total. The van der Waals surface area contributed by atoms with E-state index in [-0.39, 0.29) is 29.5 Å². The second kappa shape index (κ2) is 9.47. The highest BCUT2D eigenvalue weighted by Crippen LogP contribution is 2.35. The van der Waals surface area contributed by atoms with E-state index in [2.05, 4.69) is 44.9 Å². The van der Waals surface area contributed by atoms with Gasteiger partial charge in [-0.15, -0.1) is 0 Å². The Morgan fingerprint density at radius 3 is 2.56 bits per heavy atom. The van der Waals surface area contributed by atoms with Crippen LogP contribution in [-0.4, -0.2) is 49.8 Å². The van der Waals surface area contributed by atoms with E-state index in [1.165, 1.54) is 12.1 Å². The van der Waals surface area contributed by atoms with E-state index in [0.29, 0.717) is 29.8 Å². The third kappa shape index (κ3) is 4.20. The molecule has 1 aliphatic heterocycles. The van der Waals surface area contributed by atoms with Gasteiger partial charge >= 0.3 is 0 Å². The molecular weight excluding hydrogens is 457 g/mol. The van der Waals surface area contributed by atoms with Gasteiger partial charge in [0.25, 0.3) is 5.56 Å². The Balaban J connectivity index is 1.55. The van der Waals surface area contributed by atoms with Crippen molar-refractivity contribution in [2.24, 2.45) is 7.05 Å². The summed E-state index contributed by atoms with van der Waals surface area (Å²) in [6.07, 6.45) is 1.64. The largest absolute Gasteiger partial charge is 0.364 e. The quantitative estimate of drug-likeness (QED) is 0.439. The molecule has 2 unspecified atom stereocenters. The highest BCUT2D eigenvalue weighted by Gasteiger charge is 2.36. The third-order valence-electron chi connectivity index (χ3n) is 6.92. The molecule has 1 saturated heterocycles. The van der Waals surface area contributed by atoms with Crippen molar-refractivity contribution in [3.63, 3.8) is 0 Å². The van der Waals surface area contributed by atoms with Crippen LogP contribution in [0.3, 0.4) is 0 Å². The van der Waals surface area contributed by atoms with Crippen LogP contribution in [0.1, 0.15) is 36.8 Å². The Hall–Kier alpha value is -4.16. The molecule has 0 aliphatic carbocycles. The predicted octanol–water partition coefficient (Wildman–Crippen LogP) is 3.42. The lowest BCUT2D eigenvalue weighted by atomic mass is 9.96. The number of nitriles is 1. The molecule has 0 amide bonds. The number of rotatable bonds is 4. The molecule has 182 valence electrons. The SMILES string of the molecule is CC1CN(c2cc(=O)n(C)c3ccc(C#N)nc23)[C@@H](C)CN1C(c1ccc(F)cc1)c1cccnn1. The Bertz CT molecular complexity index is 1500. The molecule has 0 saturated carbocycles. The van der Waals surface area contributed by atoms with Gasteiger partial charge in [0.05, 0.1) is 22.9 Å². The number of aromatic nitrogens is 4. The van der Waals surface area contributed by atoms with E-state index in [0.717, 1.165) is 16.9 Å². The summed E-state index contributed by atoms with van der Waals surface area (Å²) in [5, 5.41) is 17.9. The lowest BCUT2D eigenvalue weighted by Gasteiger charge is -2.48. The van der Waals surface area contributed by atoms with Gasteiger partial charge in [-0.2, -0.15) is 15.5 Å². The minimum absolute atomic E-state index is 0.0173. The topological polar surface area (TPSA) is 90.9 Å². The van der Waals surface area contributed by atoms with Gasteiger partial charge in [-0.05, 0) is 55.8 Å². The second-order valence-corrected chi connectivity index (χ2v) is 9.25. The Morgan fingerprint density at radius 2 is 1.86 bits per heavy atom. The van der Waals surface area contributed by atoms with Crippen LogP contribution in [0, 0.1) is 17.1 Å². The van der Waals surface area contributed by atoms with Crippen LogP contribution in [0.25, 0.3) is 11.0 Å². The van der Waals surface area contributed by atoms with Crippen LogP contribution in [0.15, 0.2) is 65.6 Å². The number of hydrogen-bond donors (Lipinski definition) is 0. The third-order valence-corrected chi connectivity index (χ3v) is 6.92. The molecular formula is C27H26FN7O. The van der Waals surface area contributed by atoms with Crippen LogP contribution < -0.4 is 10.5 Å². The lowest BCUT2D eigenvalue weighted by Crippen LogP contribution is -2.57. The zero-order valence-electron chi connectivity index (χ0n) is 20.3. The van der Waals surface area contributed by atoms with E-state index in [1.54, 1.807) is 48.1 Å². The number of hydrogen-bond acceptors (Lipinski definition) is 7. The Kier molecular flexibility index (Phi) is 6.20. The molecule has 4 aromatic rings. The minimum atomic E-state index is -0.287. The molecule has 9 heteroatoms. The highest BCUT2D eigenvalue weighted by molar-refractivity contribution is 5.89. The van der Waals surface area contributed by atoms with E-state index < -0.39 is 0 Å². The summed E-state index contributed by atoms with van der Waals surface area (Å²) in [6, 6.07) is 17.3. The predicted molar refractivity (Wildman–Crippen MR) is 135 cm³/mol. The summed E-state index contributed by atoms with van der Waals surface area (Å²) in [5.74, 6) is -0.287. The standard InChI is InChI=1S/C27H26FN7O/c1-17-16-35(27(22-5-4-12-30-32-22)19-6-8-20(28)9-7-19)18(2)15-34(17)24-13-25(36)33(3)23-11-10-21(14-29)31-26(23)24/h4-13,17-18,27H,15-16H2,1-3H3/t17-,18?,27?/m0/s1. The number of benzene rings is 1. The zero-order valence-corrected chi connectivity index (χ0v) is 20.3. The maximum absolute atomic E-state index is 13.7. The number of piperazine rings is 1. The van der Waals surface area contributed by atoms with Crippen LogP contribution in [-0.2, 0) is 7.05 Å². The summed E-state index contributed by atoms with van der Waals surface area (Å²) in [7, 11) is 1.71. The normalized spacial score (nSPS) is 19.2. The highest BCUT2D eigenvalue weighted by atomic mass is 19.1. The molecule has 0 N–H and O–H groups in total. The maximum Gasteiger partial charge on any atom is 0.252 e. The summed E-state index contributed by atoms with van der Waals surface area (Å²) in [4.78, 5) is 21.9. The van der Waals surface area contributed by atoms with Crippen molar-refractivity contribution in [2.45, 2.75) is 32.0 Å². The molecule has 3 atom stereocenters. The Morgan fingerprint density at radius 1 is 1.08 bits per heavy atom. The van der Waals surface area contributed by atoms with Crippen molar-refractivity contribution in [3.05, 3.63) is 93.9 Å². The molecule has 0 spiro atoms. The van der Waals surface area contributed by atoms with Gasteiger partial charge in [0, 0.05) is 44.5 Å². The molecule has 4 heterocycles. The second-order valence-electron chi connectivity index (χ2n) is 9.25. The first kappa shape index (κ1) is 23.6. The average Bonchev–Trinajstić information content (AvgIpc) is 2.89. The zero-order chi connectivity index (χ0) is 25.4. The molecule has 0 bridgehead atoms. The number of nitrogens with zero attached hydrogens (tertiary/aromatic N) is 7. The fraction of sp³-hybridized carbons (Fsp3) is 0.296. The molecule has 0 radical (unpaired) electrons. The van der Waals surface area contributed by atoms with Crippen molar-refractivity contribution in [3.8, 4) is 6.07 Å². The fourth-order valence-corrected chi connectivity index (χ4v) is 5.08. The van der Waals surface area contributed by atoms with Crippen molar-refractivity contribution in [1.29, 1.82) is 5.26 Å². The summed E-state index contributed by atoms with van der Waals surface area (Å²) < 4.78 is 15.3. The van der Waals surface area contributed by atoms with Crippen LogP contribution in [0.4, 0.5) is 10.1 Å². The molecule has 3 aromatic heterocycles. The molecule has 36 heavy (non-hydrogen) atoms. The minimum Gasteiger partial charge on any atom is -0.364 e. The molecule has 1 aliphatic rings. The van der Waals surface area contributed by atoms with Gasteiger partial charge in [-0.3, -0.25) is 9.69 Å². The van der Waals surface area contributed by atoms with Gasteiger partial charge in [-0.25, -0.2) is 9.37 Å². The van der Waals surface area contributed by atoms with Crippen molar-refractivity contribution < 1.29 is 4.39 Å². The van der Waals surface area contributed by atoms with Gasteiger partial charge in [-0.1, -0.05) is 12.1 Å². The van der Waals surface area contributed by atoms with Gasteiger partial charge in [0.1, 0.15) is 23.1 Å². The maximum atomic E-state index is 13.7. The van der Waals surface area contributed by atoms with E-state index >= 15 is 0 Å². The van der Waals surface area contributed by atoms with E-state index in [4.69, 9.17) is 0 Å². The lowest BCUT2D eigenvalue weighted by molar-refractivity contribution is 0.127. The van der Waals surface area contributed by atoms with Crippen LogP contribution in [0.5, 0.6) is 0 Å². The first-order chi connectivity index (χ1) is 17.4. The van der Waals surface area contributed by atoms with Crippen molar-refractivity contribution in [1.82, 2.24) is 24.6 Å². The fourth-order valence-electron chi connectivity index (χ4n) is 5.08. The number of pyridine rings is 2. The first-order valence-corrected chi connectivity index (χ1v) is 11.8. The summed E-state index contributed by atoms with van der Waals surface area (Å²) >= 11 is 0. The summed E-state index contributed by atoms with van der Waals surface area (Å²) in [5.41, 5.74) is 3.94. The summed E-state index contributed by atoms with van der Waals surface area (Å²) in [6.45, 7) is 5.52. The number of fused-ring (bicyclic) bond motifs is 1. The van der Waals surface area contributed by atoms with Crippen molar-refractivity contribution >= 4 is 16.7 Å². The average molecular weight is 484 g/mol. The molecule has 1 fully saturated rings. The first-order valence-electron chi connectivity index (χ1n) is 11.8. The van der Waals surface area contributed by atoms with Crippen molar-refractivity contribution in [2.75, 3.05) is 18.0 Å². The smallest absolute Gasteiger partial charge is 0.252 e. The van der Waals surface area contributed by atoms with Gasteiger partial charge in [0.2, 0.25) is 0 Å².